The van der Waals surface area contributed by atoms with Gasteiger partial charge in [-0.1, -0.05) is 6.07 Å². The number of anilines is 2. The number of halogens is 1. The van der Waals surface area contributed by atoms with Gasteiger partial charge in [0.25, 0.3) is 5.91 Å². The largest absolute Gasteiger partial charge is 0.384 e. The van der Waals surface area contributed by atoms with Crippen LogP contribution in [0.15, 0.2) is 53.4 Å². The van der Waals surface area contributed by atoms with Crippen LogP contribution in [-0.2, 0) is 23.1 Å². The lowest BCUT2D eigenvalue weighted by molar-refractivity contribution is 0.102. The Morgan fingerprint density at radius 1 is 1.18 bits per heavy atom. The van der Waals surface area contributed by atoms with Crippen molar-refractivity contribution in [3.8, 4) is 0 Å². The van der Waals surface area contributed by atoms with Crippen molar-refractivity contribution in [2.24, 2.45) is 0 Å². The first kappa shape index (κ1) is 22.9. The van der Waals surface area contributed by atoms with Gasteiger partial charge in [-0.2, -0.15) is 9.40 Å². The van der Waals surface area contributed by atoms with Gasteiger partial charge in [0.2, 0.25) is 10.0 Å². The number of carbonyl (C=O) groups excluding carboxylic acids is 1. The summed E-state index contributed by atoms with van der Waals surface area (Å²) in [7, 11) is 0.103. The molecule has 1 aliphatic heterocycles. The smallest absolute Gasteiger partial charge is 0.256 e. The van der Waals surface area contributed by atoms with Crippen molar-refractivity contribution in [1.82, 2.24) is 19.4 Å². The maximum atomic E-state index is 13.5. The average molecular weight is 473 g/mol. The highest BCUT2D eigenvalue weighted by Crippen LogP contribution is 2.31. The van der Waals surface area contributed by atoms with Crippen molar-refractivity contribution >= 4 is 27.4 Å². The molecule has 0 spiro atoms. The highest BCUT2D eigenvalue weighted by atomic mass is 32.2. The molecule has 1 aromatic heterocycles. The van der Waals surface area contributed by atoms with E-state index in [0.717, 1.165) is 24.8 Å². The topological polar surface area (TPSA) is 110 Å². The van der Waals surface area contributed by atoms with Crippen LogP contribution < -0.4 is 10.6 Å². The van der Waals surface area contributed by atoms with Crippen LogP contribution in [0.4, 0.5) is 15.9 Å². The zero-order valence-corrected chi connectivity index (χ0v) is 19.1. The second kappa shape index (κ2) is 9.30. The van der Waals surface area contributed by atoms with Crippen LogP contribution >= 0.6 is 0 Å². The summed E-state index contributed by atoms with van der Waals surface area (Å²) in [5.74, 6) is -0.696. The van der Waals surface area contributed by atoms with Crippen molar-refractivity contribution in [3.63, 3.8) is 0 Å². The fourth-order valence-corrected chi connectivity index (χ4v) is 4.91. The third-order valence-corrected chi connectivity index (χ3v) is 7.11. The Kier molecular flexibility index (Phi) is 6.45. The maximum absolute atomic E-state index is 13.5. The lowest BCUT2D eigenvalue weighted by Gasteiger charge is -2.16. The number of likely N-dealkylation sites (N-methyl/N-ethyl adjacent to an activating group) is 1. The highest BCUT2D eigenvalue weighted by molar-refractivity contribution is 7.89. The first-order valence-electron chi connectivity index (χ1n) is 10.4. The van der Waals surface area contributed by atoms with Crippen LogP contribution in [0.3, 0.4) is 0 Å². The molecule has 174 valence electrons. The van der Waals surface area contributed by atoms with Gasteiger partial charge in [0.1, 0.15) is 5.82 Å². The van der Waals surface area contributed by atoms with Crippen molar-refractivity contribution in [1.29, 1.82) is 0 Å². The van der Waals surface area contributed by atoms with Gasteiger partial charge < -0.3 is 15.5 Å². The summed E-state index contributed by atoms with van der Waals surface area (Å²) < 4.78 is 40.5. The number of hydrogen-bond acceptors (Lipinski definition) is 6. The van der Waals surface area contributed by atoms with Crippen molar-refractivity contribution in [3.05, 3.63) is 71.2 Å². The number of nitrogens with zero attached hydrogens (tertiary/aromatic N) is 3. The fraction of sp³-hybridized carbons (Fsp3) is 0.273. The lowest BCUT2D eigenvalue weighted by atomic mass is 10.2. The number of nitrogens with one attached hydrogen (secondary N) is 3. The molecule has 0 aliphatic carbocycles. The molecule has 11 heteroatoms. The Balaban J connectivity index is 1.42. The van der Waals surface area contributed by atoms with E-state index in [0.29, 0.717) is 16.8 Å². The Morgan fingerprint density at radius 2 is 1.94 bits per heavy atom. The molecule has 0 saturated heterocycles. The van der Waals surface area contributed by atoms with Gasteiger partial charge in [0.05, 0.1) is 17.1 Å². The molecule has 4 rings (SSSR count). The molecule has 0 bridgehead atoms. The second-order valence-electron chi connectivity index (χ2n) is 8.02. The number of amides is 1. The molecular weight excluding hydrogens is 447 g/mol. The Morgan fingerprint density at radius 3 is 2.64 bits per heavy atom. The number of aromatic nitrogens is 2. The third-order valence-electron chi connectivity index (χ3n) is 5.32. The van der Waals surface area contributed by atoms with Crippen molar-refractivity contribution < 1.29 is 17.6 Å². The third kappa shape index (κ3) is 5.05. The van der Waals surface area contributed by atoms with Crippen LogP contribution in [0.2, 0.25) is 0 Å². The molecular formula is C22H25FN6O3S. The molecule has 0 unspecified atom stereocenters. The molecule has 9 nitrogen and oxygen atoms in total. The zero-order valence-electron chi connectivity index (χ0n) is 18.3. The van der Waals surface area contributed by atoms with Gasteiger partial charge in [0, 0.05) is 36.4 Å². The normalized spacial score (nSPS) is 13.8. The molecule has 0 radical (unpaired) electrons. The first-order chi connectivity index (χ1) is 15.7. The Bertz CT molecular complexity index is 1260. The number of rotatable bonds is 8. The summed E-state index contributed by atoms with van der Waals surface area (Å²) >= 11 is 0. The van der Waals surface area contributed by atoms with E-state index in [-0.39, 0.29) is 29.7 Å². The van der Waals surface area contributed by atoms with E-state index in [9.17, 15) is 17.6 Å². The van der Waals surface area contributed by atoms with Crippen molar-refractivity contribution in [2.45, 2.75) is 18.0 Å². The minimum Gasteiger partial charge on any atom is -0.384 e. The van der Waals surface area contributed by atoms with Gasteiger partial charge in [-0.25, -0.2) is 12.8 Å². The van der Waals surface area contributed by atoms with E-state index in [2.05, 4.69) is 25.7 Å². The molecule has 3 aromatic rings. The molecule has 3 N–H and O–H groups in total. The Hall–Kier alpha value is -3.28. The number of carbonyl (C=O) groups is 1. The molecule has 2 aromatic carbocycles. The lowest BCUT2D eigenvalue weighted by Crippen LogP contribution is -2.26. The minimum absolute atomic E-state index is 0.0228. The molecule has 2 heterocycles. The van der Waals surface area contributed by atoms with E-state index in [1.54, 1.807) is 12.1 Å². The fourth-order valence-electron chi connectivity index (χ4n) is 3.50. The predicted octanol–water partition coefficient (Wildman–Crippen LogP) is 2.48. The zero-order chi connectivity index (χ0) is 23.6. The number of benzene rings is 2. The van der Waals surface area contributed by atoms with E-state index in [1.807, 2.05) is 26.2 Å². The SMILES string of the molecule is CN(C)CCNc1ccc(C(=O)Nc2n[nH]c3c2CN(S(=O)(=O)c2cccc(F)c2)C3)cc1. The summed E-state index contributed by atoms with van der Waals surface area (Å²) in [6.45, 7) is 1.75. The highest BCUT2D eigenvalue weighted by Gasteiger charge is 2.34. The summed E-state index contributed by atoms with van der Waals surface area (Å²) in [4.78, 5) is 14.6. The van der Waals surface area contributed by atoms with E-state index >= 15 is 0 Å². The quantitative estimate of drug-likeness (QED) is 0.465. The van der Waals surface area contributed by atoms with E-state index in [1.165, 1.54) is 22.5 Å². The number of hydrogen-bond donors (Lipinski definition) is 3. The van der Waals surface area contributed by atoms with Crippen LogP contribution in [0, 0.1) is 5.82 Å². The van der Waals surface area contributed by atoms with Gasteiger partial charge in [0.15, 0.2) is 5.82 Å². The molecule has 33 heavy (non-hydrogen) atoms. The summed E-state index contributed by atoms with van der Waals surface area (Å²) in [5, 5.41) is 12.9. The first-order valence-corrected chi connectivity index (χ1v) is 11.8. The molecule has 0 saturated carbocycles. The summed E-state index contributed by atoms with van der Waals surface area (Å²) in [6.07, 6.45) is 0. The number of H-pyrrole nitrogens is 1. The molecule has 1 aliphatic rings. The van der Waals surface area contributed by atoms with Crippen LogP contribution in [0.1, 0.15) is 21.6 Å². The minimum atomic E-state index is -3.89. The van der Waals surface area contributed by atoms with Gasteiger partial charge >= 0.3 is 0 Å². The average Bonchev–Trinajstić information content (AvgIpc) is 3.36. The van der Waals surface area contributed by atoms with Crippen molar-refractivity contribution in [2.75, 3.05) is 37.8 Å². The van der Waals surface area contributed by atoms with Crippen LogP contribution in [-0.4, -0.2) is 60.9 Å². The molecule has 1 amide bonds. The maximum Gasteiger partial charge on any atom is 0.256 e. The van der Waals surface area contributed by atoms with Gasteiger partial charge in [-0.15, -0.1) is 0 Å². The second-order valence-corrected chi connectivity index (χ2v) is 9.96. The van der Waals surface area contributed by atoms with Gasteiger partial charge in [-0.05, 0) is 56.6 Å². The van der Waals surface area contributed by atoms with Gasteiger partial charge in [-0.3, -0.25) is 9.89 Å². The van der Waals surface area contributed by atoms with E-state index < -0.39 is 15.8 Å². The standard InChI is InChI=1S/C22H25FN6O3S/c1-28(2)11-10-24-17-8-6-15(7-9-17)22(30)25-21-19-13-29(14-20(19)26-27-21)33(31,32)18-5-3-4-16(23)12-18/h3-9,12,24H,10-11,13-14H2,1-2H3,(H2,25,26,27,30). The summed E-state index contributed by atoms with van der Waals surface area (Å²) in [5.41, 5.74) is 2.54. The molecule has 0 fully saturated rings. The number of aromatic amines is 1. The summed E-state index contributed by atoms with van der Waals surface area (Å²) in [6, 6.07) is 12.0. The van der Waals surface area contributed by atoms with Crippen LogP contribution in [0.25, 0.3) is 0 Å². The van der Waals surface area contributed by atoms with Crippen LogP contribution in [0.5, 0.6) is 0 Å². The number of sulfonamides is 1. The Labute approximate surface area is 191 Å². The predicted molar refractivity (Wildman–Crippen MR) is 123 cm³/mol. The number of fused-ring (bicyclic) bond motifs is 1. The van der Waals surface area contributed by atoms with E-state index in [4.69, 9.17) is 0 Å². The molecule has 0 atom stereocenters. The monoisotopic (exact) mass is 472 g/mol.